The number of piperidine rings is 1. The largest absolute Gasteiger partial charge is 0.303 e. The summed E-state index contributed by atoms with van der Waals surface area (Å²) in [5, 5.41) is 0. The fraction of sp³-hybridized carbons (Fsp3) is 0.647. The first-order valence-corrected chi connectivity index (χ1v) is 8.24. The van der Waals surface area contributed by atoms with E-state index in [0.717, 1.165) is 11.8 Å². The second-order valence-electron chi connectivity index (χ2n) is 5.72. The van der Waals surface area contributed by atoms with Crippen LogP contribution in [0.3, 0.4) is 0 Å². The van der Waals surface area contributed by atoms with Crippen molar-refractivity contribution in [2.24, 2.45) is 5.92 Å². The first kappa shape index (κ1) is 14.9. The highest BCUT2D eigenvalue weighted by atomic mass is 35.5. The smallest absolute Gasteiger partial charge is 0.0223 e. The van der Waals surface area contributed by atoms with E-state index in [9.17, 15) is 0 Å². The minimum Gasteiger partial charge on any atom is -0.303 e. The number of rotatable bonds is 7. The van der Waals surface area contributed by atoms with Crippen molar-refractivity contribution >= 4 is 11.6 Å². The summed E-state index contributed by atoms with van der Waals surface area (Å²) >= 11 is 5.71. The fourth-order valence-electron chi connectivity index (χ4n) is 2.97. The number of hydrogen-bond acceptors (Lipinski definition) is 1. The molecule has 0 N–H and O–H groups in total. The van der Waals surface area contributed by atoms with Gasteiger partial charge in [0.1, 0.15) is 0 Å². The first-order chi connectivity index (χ1) is 9.38. The Morgan fingerprint density at radius 2 is 1.74 bits per heavy atom. The van der Waals surface area contributed by atoms with Gasteiger partial charge in [0.15, 0.2) is 0 Å². The molecule has 0 atom stereocenters. The molecule has 2 rings (SSSR count). The molecule has 1 aliphatic heterocycles. The molecule has 1 heterocycles. The summed E-state index contributed by atoms with van der Waals surface area (Å²) < 4.78 is 0. The molecule has 0 bridgehead atoms. The van der Waals surface area contributed by atoms with E-state index in [2.05, 4.69) is 35.2 Å². The van der Waals surface area contributed by atoms with E-state index in [1.165, 1.54) is 63.7 Å². The number of likely N-dealkylation sites (tertiary alicyclic amines) is 1. The van der Waals surface area contributed by atoms with Gasteiger partial charge in [0.25, 0.3) is 0 Å². The highest BCUT2D eigenvalue weighted by molar-refractivity contribution is 6.17. The van der Waals surface area contributed by atoms with Crippen molar-refractivity contribution in [3.8, 4) is 0 Å². The van der Waals surface area contributed by atoms with Gasteiger partial charge in [-0.15, -0.1) is 11.6 Å². The van der Waals surface area contributed by atoms with Gasteiger partial charge in [0.05, 0.1) is 0 Å². The van der Waals surface area contributed by atoms with Gasteiger partial charge in [0.2, 0.25) is 0 Å². The Balaban J connectivity index is 1.62. The van der Waals surface area contributed by atoms with Gasteiger partial charge in [-0.2, -0.15) is 0 Å². The average molecular weight is 280 g/mol. The molecule has 0 aromatic heterocycles. The van der Waals surface area contributed by atoms with Crippen molar-refractivity contribution in [2.75, 3.05) is 25.5 Å². The Bertz CT molecular complexity index is 330. The van der Waals surface area contributed by atoms with Crippen molar-refractivity contribution in [2.45, 2.75) is 38.5 Å². The van der Waals surface area contributed by atoms with Crippen LogP contribution >= 0.6 is 11.6 Å². The Morgan fingerprint density at radius 3 is 2.42 bits per heavy atom. The molecule has 1 aromatic rings. The molecule has 1 saturated heterocycles. The third-order valence-electron chi connectivity index (χ3n) is 4.18. The minimum atomic E-state index is 0.819. The molecule has 0 radical (unpaired) electrons. The van der Waals surface area contributed by atoms with Crippen LogP contribution < -0.4 is 0 Å². The topological polar surface area (TPSA) is 3.24 Å². The molecule has 0 saturated carbocycles. The Kier molecular flexibility index (Phi) is 6.73. The van der Waals surface area contributed by atoms with E-state index in [1.807, 2.05) is 0 Å². The van der Waals surface area contributed by atoms with Crippen molar-refractivity contribution in [1.82, 2.24) is 4.90 Å². The minimum absolute atomic E-state index is 0.819. The molecule has 1 nitrogen and oxygen atoms in total. The van der Waals surface area contributed by atoms with Crippen LogP contribution in [0.1, 0.15) is 37.7 Å². The third-order valence-corrected chi connectivity index (χ3v) is 4.45. The molecule has 1 fully saturated rings. The van der Waals surface area contributed by atoms with Gasteiger partial charge in [-0.1, -0.05) is 36.8 Å². The molecule has 0 aliphatic carbocycles. The number of nitrogens with zero attached hydrogens (tertiary/aromatic N) is 1. The lowest BCUT2D eigenvalue weighted by Crippen LogP contribution is -2.35. The van der Waals surface area contributed by atoms with Crippen LogP contribution in [0.2, 0.25) is 0 Å². The zero-order valence-corrected chi connectivity index (χ0v) is 12.6. The molecule has 19 heavy (non-hydrogen) atoms. The average Bonchev–Trinajstić information content (AvgIpc) is 2.46. The molecule has 1 aromatic carbocycles. The Morgan fingerprint density at radius 1 is 1.00 bits per heavy atom. The number of benzene rings is 1. The summed E-state index contributed by atoms with van der Waals surface area (Å²) in [5.41, 5.74) is 1.50. The van der Waals surface area contributed by atoms with Crippen LogP contribution in [-0.2, 0) is 6.42 Å². The molecule has 2 heteroatoms. The van der Waals surface area contributed by atoms with Crippen molar-refractivity contribution in [3.63, 3.8) is 0 Å². The predicted octanol–water partition coefficient (Wildman–Crippen LogP) is 4.35. The van der Waals surface area contributed by atoms with Crippen molar-refractivity contribution < 1.29 is 0 Å². The summed E-state index contributed by atoms with van der Waals surface area (Å²) in [6.45, 7) is 3.85. The van der Waals surface area contributed by atoms with Gasteiger partial charge in [-0.05, 0) is 63.2 Å². The van der Waals surface area contributed by atoms with Crippen molar-refractivity contribution in [3.05, 3.63) is 35.9 Å². The second kappa shape index (κ2) is 8.60. The van der Waals surface area contributed by atoms with Gasteiger partial charge >= 0.3 is 0 Å². The first-order valence-electron chi connectivity index (χ1n) is 7.70. The van der Waals surface area contributed by atoms with Crippen molar-refractivity contribution in [1.29, 1.82) is 0 Å². The summed E-state index contributed by atoms with van der Waals surface area (Å²) in [5.74, 6) is 1.71. The summed E-state index contributed by atoms with van der Waals surface area (Å²) in [6.07, 6.45) is 7.77. The molecule has 1 aliphatic rings. The maximum Gasteiger partial charge on any atom is 0.0223 e. The van der Waals surface area contributed by atoms with Crippen LogP contribution in [-0.4, -0.2) is 30.4 Å². The van der Waals surface area contributed by atoms with E-state index in [4.69, 9.17) is 11.6 Å². The van der Waals surface area contributed by atoms with Crippen LogP contribution in [0.4, 0.5) is 0 Å². The quantitative estimate of drug-likeness (QED) is 0.530. The van der Waals surface area contributed by atoms with Crippen LogP contribution in [0.25, 0.3) is 0 Å². The zero-order valence-electron chi connectivity index (χ0n) is 11.9. The van der Waals surface area contributed by atoms with Gasteiger partial charge in [-0.25, -0.2) is 0 Å². The lowest BCUT2D eigenvalue weighted by atomic mass is 9.90. The maximum atomic E-state index is 5.71. The van der Waals surface area contributed by atoms with Crippen LogP contribution in [0.5, 0.6) is 0 Å². The van der Waals surface area contributed by atoms with Gasteiger partial charge in [0, 0.05) is 5.88 Å². The van der Waals surface area contributed by atoms with E-state index in [0.29, 0.717) is 0 Å². The van der Waals surface area contributed by atoms with Gasteiger partial charge < -0.3 is 4.90 Å². The molecule has 0 amide bonds. The highest BCUT2D eigenvalue weighted by Crippen LogP contribution is 2.21. The lowest BCUT2D eigenvalue weighted by Gasteiger charge is -2.32. The summed E-state index contributed by atoms with van der Waals surface area (Å²) in [4.78, 5) is 2.63. The molecular formula is C17H26ClN. The Labute approximate surface area is 123 Å². The van der Waals surface area contributed by atoms with E-state index >= 15 is 0 Å². The van der Waals surface area contributed by atoms with E-state index in [-0.39, 0.29) is 0 Å². The standard InChI is InChI=1S/C17H26ClN/c18-11-5-2-6-12-19-13-9-17(10-14-19)15-16-7-3-1-4-8-16/h1,3-4,7-8,17H,2,5-6,9-15H2. The maximum absolute atomic E-state index is 5.71. The SMILES string of the molecule is ClCCCCCN1CCC(Cc2ccccc2)CC1. The predicted molar refractivity (Wildman–Crippen MR) is 83.9 cm³/mol. The molecule has 0 unspecified atom stereocenters. The normalized spacial score (nSPS) is 17.7. The number of hydrogen-bond donors (Lipinski definition) is 0. The highest BCUT2D eigenvalue weighted by Gasteiger charge is 2.18. The van der Waals surface area contributed by atoms with E-state index < -0.39 is 0 Å². The monoisotopic (exact) mass is 279 g/mol. The van der Waals surface area contributed by atoms with Gasteiger partial charge in [-0.3, -0.25) is 0 Å². The second-order valence-corrected chi connectivity index (χ2v) is 6.10. The summed E-state index contributed by atoms with van der Waals surface area (Å²) in [6, 6.07) is 10.9. The lowest BCUT2D eigenvalue weighted by molar-refractivity contribution is 0.181. The van der Waals surface area contributed by atoms with Crippen LogP contribution in [0, 0.1) is 5.92 Å². The number of unbranched alkanes of at least 4 members (excludes halogenated alkanes) is 2. The Hall–Kier alpha value is -0.530. The number of alkyl halides is 1. The van der Waals surface area contributed by atoms with Crippen LogP contribution in [0.15, 0.2) is 30.3 Å². The fourth-order valence-corrected chi connectivity index (χ4v) is 3.16. The molecule has 106 valence electrons. The zero-order chi connectivity index (χ0) is 13.3. The third kappa shape index (κ3) is 5.54. The van der Waals surface area contributed by atoms with E-state index in [1.54, 1.807) is 0 Å². The number of halogens is 1. The molecule has 0 spiro atoms. The summed E-state index contributed by atoms with van der Waals surface area (Å²) in [7, 11) is 0. The molecular weight excluding hydrogens is 254 g/mol.